The van der Waals surface area contributed by atoms with Gasteiger partial charge in [-0.2, -0.15) is 4.31 Å². The molecule has 1 amide bonds. The molecule has 1 unspecified atom stereocenters. The molecule has 10 nitrogen and oxygen atoms in total. The highest BCUT2D eigenvalue weighted by atomic mass is 32.2. The number of methoxy groups -OCH3 is 1. The minimum Gasteiger partial charge on any atom is -0.495 e. The average Bonchev–Trinajstić information content (AvgIpc) is 2.97. The standard InChI is InChI=1S/C31H30N2O8S/c1-21(18-29(34)35)33(30(36)31(37)38)25-16-14-22(15-17-25)19-32(42(39,40)28-13-6-5-12-27(28)41-2)20-24-10-7-9-23-8-3-4-11-26(23)24/h3-17,21H,18-20H2,1-2H3,(H,34,35)(H,37,38). The first kappa shape index (κ1) is 30.2. The molecular formula is C31H30N2O8S. The van der Waals surface area contributed by atoms with Crippen LogP contribution in [-0.2, 0) is 37.5 Å². The van der Waals surface area contributed by atoms with Crippen LogP contribution in [0.3, 0.4) is 0 Å². The van der Waals surface area contributed by atoms with Crippen molar-refractivity contribution in [3.8, 4) is 5.75 Å². The third-order valence-electron chi connectivity index (χ3n) is 6.80. The van der Waals surface area contributed by atoms with E-state index in [0.29, 0.717) is 5.56 Å². The highest BCUT2D eigenvalue weighted by molar-refractivity contribution is 7.89. The molecule has 2 N–H and O–H groups in total. The summed E-state index contributed by atoms with van der Waals surface area (Å²) in [5.41, 5.74) is 1.53. The van der Waals surface area contributed by atoms with Crippen molar-refractivity contribution in [2.24, 2.45) is 0 Å². The second kappa shape index (κ2) is 12.8. The summed E-state index contributed by atoms with van der Waals surface area (Å²) in [5, 5.41) is 20.4. The van der Waals surface area contributed by atoms with Crippen molar-refractivity contribution in [1.29, 1.82) is 0 Å². The molecule has 42 heavy (non-hydrogen) atoms. The van der Waals surface area contributed by atoms with E-state index in [2.05, 4.69) is 0 Å². The van der Waals surface area contributed by atoms with Gasteiger partial charge in [0.15, 0.2) is 0 Å². The normalized spacial score (nSPS) is 12.2. The third-order valence-corrected chi connectivity index (χ3v) is 8.63. The van der Waals surface area contributed by atoms with Crippen LogP contribution in [0.25, 0.3) is 10.8 Å². The molecule has 0 saturated carbocycles. The number of nitrogens with zero attached hydrogens (tertiary/aromatic N) is 2. The summed E-state index contributed by atoms with van der Waals surface area (Å²) in [5.74, 6) is -3.98. The summed E-state index contributed by atoms with van der Waals surface area (Å²) in [4.78, 5) is 36.0. The minimum atomic E-state index is -4.09. The van der Waals surface area contributed by atoms with Crippen LogP contribution in [0, 0.1) is 0 Å². The van der Waals surface area contributed by atoms with E-state index >= 15 is 0 Å². The molecule has 0 spiro atoms. The topological polar surface area (TPSA) is 142 Å². The van der Waals surface area contributed by atoms with E-state index in [0.717, 1.165) is 21.2 Å². The Hall–Kier alpha value is -4.74. The van der Waals surface area contributed by atoms with Gasteiger partial charge in [0.25, 0.3) is 0 Å². The van der Waals surface area contributed by atoms with Crippen LogP contribution in [0.1, 0.15) is 24.5 Å². The van der Waals surface area contributed by atoms with Crippen LogP contribution in [0.5, 0.6) is 5.75 Å². The maximum Gasteiger partial charge on any atom is 0.394 e. The summed E-state index contributed by atoms with van der Waals surface area (Å²) in [6.45, 7) is 1.43. The smallest absolute Gasteiger partial charge is 0.394 e. The van der Waals surface area contributed by atoms with Crippen LogP contribution < -0.4 is 9.64 Å². The molecule has 0 heterocycles. The van der Waals surface area contributed by atoms with Crippen LogP contribution in [0.2, 0.25) is 0 Å². The van der Waals surface area contributed by atoms with Gasteiger partial charge in [-0.15, -0.1) is 0 Å². The van der Waals surface area contributed by atoms with Gasteiger partial charge in [-0.3, -0.25) is 14.5 Å². The molecular weight excluding hydrogens is 560 g/mol. The van der Waals surface area contributed by atoms with Gasteiger partial charge in [0.05, 0.1) is 13.5 Å². The Balaban J connectivity index is 1.73. The predicted molar refractivity (Wildman–Crippen MR) is 157 cm³/mol. The van der Waals surface area contributed by atoms with Gasteiger partial charge in [0, 0.05) is 24.8 Å². The van der Waals surface area contributed by atoms with Crippen LogP contribution >= 0.6 is 0 Å². The van der Waals surface area contributed by atoms with Crippen molar-refractivity contribution >= 4 is 44.3 Å². The molecule has 218 valence electrons. The number of sulfonamides is 1. The lowest BCUT2D eigenvalue weighted by Crippen LogP contribution is -2.43. The van der Waals surface area contributed by atoms with Crippen LogP contribution in [-0.4, -0.2) is 53.9 Å². The van der Waals surface area contributed by atoms with Crippen LogP contribution in [0.15, 0.2) is 95.9 Å². The minimum absolute atomic E-state index is 0.00471. The number of hydrogen-bond acceptors (Lipinski definition) is 6. The lowest BCUT2D eigenvalue weighted by atomic mass is 10.0. The van der Waals surface area contributed by atoms with Gasteiger partial charge < -0.3 is 14.9 Å². The molecule has 0 aliphatic rings. The Morgan fingerprint density at radius 3 is 2.14 bits per heavy atom. The van der Waals surface area contributed by atoms with E-state index in [9.17, 15) is 33.0 Å². The fraction of sp³-hybridized carbons (Fsp3) is 0.194. The SMILES string of the molecule is COc1ccccc1S(=O)(=O)N(Cc1ccc(N(C(=O)C(=O)O)C(C)CC(=O)O)cc1)Cc1cccc2ccccc12. The maximum absolute atomic E-state index is 14.1. The van der Waals surface area contributed by atoms with Gasteiger partial charge in [-0.25, -0.2) is 13.2 Å². The van der Waals surface area contributed by atoms with Crippen molar-refractivity contribution in [2.75, 3.05) is 12.0 Å². The summed E-state index contributed by atoms with van der Waals surface area (Å²) >= 11 is 0. The Labute approximate surface area is 243 Å². The van der Waals surface area contributed by atoms with Crippen molar-refractivity contribution < 1.29 is 37.8 Å². The van der Waals surface area contributed by atoms with Gasteiger partial charge >= 0.3 is 17.8 Å². The van der Waals surface area contributed by atoms with E-state index in [1.165, 1.54) is 36.5 Å². The lowest BCUT2D eigenvalue weighted by molar-refractivity contribution is -0.149. The number of para-hydroxylation sites is 1. The van der Waals surface area contributed by atoms with E-state index in [1.54, 1.807) is 30.3 Å². The number of carboxylic acid groups (broad SMARTS) is 2. The average molecular weight is 591 g/mol. The molecule has 0 radical (unpaired) electrons. The van der Waals surface area contributed by atoms with E-state index < -0.39 is 40.3 Å². The number of amides is 1. The molecule has 0 aliphatic heterocycles. The number of carboxylic acids is 2. The number of hydrogen-bond donors (Lipinski definition) is 2. The molecule has 4 aromatic rings. The summed E-state index contributed by atoms with van der Waals surface area (Å²) in [6.07, 6.45) is -0.462. The Bertz CT molecular complexity index is 1720. The Kier molecular flexibility index (Phi) is 9.24. The van der Waals surface area contributed by atoms with E-state index in [4.69, 9.17) is 4.74 Å². The van der Waals surface area contributed by atoms with Crippen molar-refractivity contribution in [3.63, 3.8) is 0 Å². The van der Waals surface area contributed by atoms with Gasteiger partial charge in [-0.1, -0.05) is 66.7 Å². The zero-order valence-corrected chi connectivity index (χ0v) is 23.8. The van der Waals surface area contributed by atoms with Crippen LogP contribution in [0.4, 0.5) is 5.69 Å². The Morgan fingerprint density at radius 2 is 1.48 bits per heavy atom. The molecule has 0 bridgehead atoms. The monoisotopic (exact) mass is 590 g/mol. The quantitative estimate of drug-likeness (QED) is 0.243. The molecule has 11 heteroatoms. The summed E-state index contributed by atoms with van der Waals surface area (Å²) in [6, 6.07) is 24.9. The number of benzene rings is 4. The van der Waals surface area contributed by atoms with Crippen molar-refractivity contribution in [2.45, 2.75) is 37.4 Å². The second-order valence-corrected chi connectivity index (χ2v) is 11.6. The number of ether oxygens (including phenoxy) is 1. The molecule has 4 rings (SSSR count). The highest BCUT2D eigenvalue weighted by Gasteiger charge is 2.30. The molecule has 0 aliphatic carbocycles. The first-order valence-electron chi connectivity index (χ1n) is 13.0. The van der Waals surface area contributed by atoms with E-state index in [1.807, 2.05) is 42.5 Å². The molecule has 4 aromatic carbocycles. The van der Waals surface area contributed by atoms with Crippen molar-refractivity contribution in [3.05, 3.63) is 102 Å². The lowest BCUT2D eigenvalue weighted by Gasteiger charge is -2.27. The maximum atomic E-state index is 14.1. The zero-order valence-electron chi connectivity index (χ0n) is 23.0. The predicted octanol–water partition coefficient (Wildman–Crippen LogP) is 4.52. The van der Waals surface area contributed by atoms with E-state index in [-0.39, 0.29) is 29.4 Å². The number of carbonyl (C=O) groups is 3. The zero-order chi connectivity index (χ0) is 30.4. The summed E-state index contributed by atoms with van der Waals surface area (Å²) in [7, 11) is -2.69. The number of carbonyl (C=O) groups excluding carboxylic acids is 1. The fourth-order valence-electron chi connectivity index (χ4n) is 4.80. The first-order valence-corrected chi connectivity index (χ1v) is 14.4. The van der Waals surface area contributed by atoms with Crippen molar-refractivity contribution in [1.82, 2.24) is 4.31 Å². The number of fused-ring (bicyclic) bond motifs is 1. The fourth-order valence-corrected chi connectivity index (χ4v) is 6.36. The number of anilines is 1. The molecule has 0 fully saturated rings. The molecule has 1 atom stereocenters. The summed E-state index contributed by atoms with van der Waals surface area (Å²) < 4.78 is 34.8. The second-order valence-electron chi connectivity index (χ2n) is 9.66. The van der Waals surface area contributed by atoms with Gasteiger partial charge in [-0.05, 0) is 53.1 Å². The largest absolute Gasteiger partial charge is 0.495 e. The highest BCUT2D eigenvalue weighted by Crippen LogP contribution is 2.30. The molecule has 0 saturated heterocycles. The Morgan fingerprint density at radius 1 is 0.833 bits per heavy atom. The third kappa shape index (κ3) is 6.59. The first-order chi connectivity index (χ1) is 20.0. The number of aliphatic carboxylic acids is 2. The van der Waals surface area contributed by atoms with Gasteiger partial charge in [0.1, 0.15) is 10.6 Å². The number of rotatable bonds is 11. The molecule has 0 aromatic heterocycles. The van der Waals surface area contributed by atoms with Gasteiger partial charge in [0.2, 0.25) is 10.0 Å².